The summed E-state index contributed by atoms with van der Waals surface area (Å²) < 4.78 is 33.2. The lowest BCUT2D eigenvalue weighted by atomic mass is 9.96. The number of aliphatic hydroxyl groups is 1. The molecule has 1 saturated heterocycles. The van der Waals surface area contributed by atoms with Crippen molar-refractivity contribution in [1.82, 2.24) is 29.7 Å². The van der Waals surface area contributed by atoms with Gasteiger partial charge in [-0.15, -0.1) is 11.3 Å². The zero-order valence-corrected chi connectivity index (χ0v) is 35.3. The van der Waals surface area contributed by atoms with Crippen LogP contribution in [0.1, 0.15) is 22.4 Å². The molecule has 4 heterocycles. The van der Waals surface area contributed by atoms with Crippen LogP contribution in [0.2, 0.25) is 5.02 Å². The van der Waals surface area contributed by atoms with Gasteiger partial charge in [0.2, 0.25) is 5.88 Å². The van der Waals surface area contributed by atoms with Gasteiger partial charge < -0.3 is 24.2 Å². The molecule has 3 aromatic heterocycles. The monoisotopic (exact) mass is 858 g/mol. The third-order valence-electron chi connectivity index (χ3n) is 10.7. The van der Waals surface area contributed by atoms with Gasteiger partial charge in [0.25, 0.3) is 0 Å². The second kappa shape index (κ2) is 19.3. The SMILES string of the molecule is Cc1c(-c2c(-c3ccc(F)cc3)sc3ncnc(OC(C=O)Cc4ccccc4OCc4ccnc(-c5cccc(CO)c5)n4)c23)ccc(OCCN2CCN(C)CC2)c1Cl. The number of nitrogens with zero attached hydrogens (tertiary/aromatic N) is 6. The lowest BCUT2D eigenvalue weighted by Crippen LogP contribution is -2.45. The Hall–Kier alpha value is -5.83. The molecule has 1 unspecified atom stereocenters. The van der Waals surface area contributed by atoms with Gasteiger partial charge in [-0.1, -0.05) is 66.2 Å². The summed E-state index contributed by atoms with van der Waals surface area (Å²) in [4.78, 5) is 37.3. The Morgan fingerprint density at radius 2 is 1.74 bits per heavy atom. The molecule has 0 saturated carbocycles. The van der Waals surface area contributed by atoms with Crippen LogP contribution in [-0.4, -0.2) is 93.6 Å². The van der Waals surface area contributed by atoms with Crippen LogP contribution in [0.25, 0.3) is 43.2 Å². The minimum absolute atomic E-state index is 0.0808. The molecule has 61 heavy (non-hydrogen) atoms. The fourth-order valence-corrected chi connectivity index (χ4v) is 8.70. The summed E-state index contributed by atoms with van der Waals surface area (Å²) >= 11 is 8.48. The average Bonchev–Trinajstić information content (AvgIpc) is 3.68. The van der Waals surface area contributed by atoms with E-state index in [0.717, 1.165) is 82.8 Å². The normalized spacial score (nSPS) is 13.9. The number of benzene rings is 4. The first kappa shape index (κ1) is 41.9. The molecular formula is C47H44ClFN6O5S. The van der Waals surface area contributed by atoms with E-state index in [9.17, 15) is 14.3 Å². The molecule has 4 aromatic carbocycles. The molecule has 8 rings (SSSR count). The van der Waals surface area contributed by atoms with Gasteiger partial charge in [-0.3, -0.25) is 9.69 Å². The van der Waals surface area contributed by atoms with Crippen molar-refractivity contribution in [3.63, 3.8) is 0 Å². The summed E-state index contributed by atoms with van der Waals surface area (Å²) in [5.41, 5.74) is 6.07. The van der Waals surface area contributed by atoms with Crippen molar-refractivity contribution in [1.29, 1.82) is 0 Å². The van der Waals surface area contributed by atoms with Crippen molar-refractivity contribution in [3.8, 4) is 50.3 Å². The summed E-state index contributed by atoms with van der Waals surface area (Å²) in [5, 5.41) is 10.7. The van der Waals surface area contributed by atoms with E-state index in [0.29, 0.717) is 44.9 Å². The quantitative estimate of drug-likeness (QED) is 0.0942. The molecule has 0 aliphatic carbocycles. The van der Waals surface area contributed by atoms with Gasteiger partial charge in [0.15, 0.2) is 18.2 Å². The number of aldehydes is 1. The highest BCUT2D eigenvalue weighted by molar-refractivity contribution is 7.22. The van der Waals surface area contributed by atoms with E-state index < -0.39 is 6.10 Å². The van der Waals surface area contributed by atoms with Crippen LogP contribution in [0.3, 0.4) is 0 Å². The number of halogens is 2. The second-order valence-electron chi connectivity index (χ2n) is 14.8. The van der Waals surface area contributed by atoms with Gasteiger partial charge in [0, 0.05) is 61.3 Å². The first-order valence-corrected chi connectivity index (χ1v) is 21.2. The fraction of sp³-hybridized carbons (Fsp3) is 0.255. The summed E-state index contributed by atoms with van der Waals surface area (Å²) in [7, 11) is 2.14. The number of fused-ring (bicyclic) bond motifs is 1. The van der Waals surface area contributed by atoms with Crippen LogP contribution < -0.4 is 14.2 Å². The number of carbonyl (C=O) groups is 1. The van der Waals surface area contributed by atoms with E-state index in [1.807, 2.05) is 67.6 Å². The fourth-order valence-electron chi connectivity index (χ4n) is 7.32. The maximum atomic E-state index is 14.2. The number of hydrogen-bond acceptors (Lipinski definition) is 12. The third-order valence-corrected chi connectivity index (χ3v) is 12.3. The molecule has 14 heteroatoms. The predicted molar refractivity (Wildman–Crippen MR) is 236 cm³/mol. The minimum Gasteiger partial charge on any atom is -0.491 e. The van der Waals surface area contributed by atoms with Crippen molar-refractivity contribution >= 4 is 39.4 Å². The molecule has 1 aliphatic rings. The Morgan fingerprint density at radius 1 is 0.918 bits per heavy atom. The van der Waals surface area contributed by atoms with Crippen molar-refractivity contribution in [2.75, 3.05) is 46.4 Å². The summed E-state index contributed by atoms with van der Waals surface area (Å²) in [6.07, 6.45) is 3.08. The first-order valence-electron chi connectivity index (χ1n) is 20.0. The Balaban J connectivity index is 1.06. The van der Waals surface area contributed by atoms with Crippen LogP contribution >= 0.6 is 22.9 Å². The van der Waals surface area contributed by atoms with Crippen molar-refractivity contribution in [2.24, 2.45) is 0 Å². The third kappa shape index (κ3) is 9.72. The lowest BCUT2D eigenvalue weighted by Gasteiger charge is -2.32. The molecule has 1 atom stereocenters. The molecule has 11 nitrogen and oxygen atoms in total. The molecule has 0 spiro atoms. The highest BCUT2D eigenvalue weighted by atomic mass is 35.5. The number of hydrogen-bond donors (Lipinski definition) is 1. The number of aliphatic hydroxyl groups excluding tert-OH is 1. The van der Waals surface area contributed by atoms with Crippen molar-refractivity contribution in [2.45, 2.75) is 32.7 Å². The topological polar surface area (TPSA) is 123 Å². The van der Waals surface area contributed by atoms with Gasteiger partial charge in [-0.25, -0.2) is 24.3 Å². The molecule has 0 amide bonds. The van der Waals surface area contributed by atoms with E-state index >= 15 is 0 Å². The van der Waals surface area contributed by atoms with E-state index in [2.05, 4.69) is 36.8 Å². The summed E-state index contributed by atoms with van der Waals surface area (Å²) in [6, 6.07) is 26.8. The number of piperazine rings is 1. The largest absolute Gasteiger partial charge is 0.491 e. The molecule has 0 bridgehead atoms. The maximum absolute atomic E-state index is 14.2. The van der Waals surface area contributed by atoms with Gasteiger partial charge in [-0.05, 0) is 78.2 Å². The van der Waals surface area contributed by atoms with Crippen LogP contribution in [-0.2, 0) is 24.4 Å². The lowest BCUT2D eigenvalue weighted by molar-refractivity contribution is -0.113. The van der Waals surface area contributed by atoms with Crippen LogP contribution in [0.4, 0.5) is 4.39 Å². The highest BCUT2D eigenvalue weighted by Crippen LogP contribution is 2.49. The molecule has 0 radical (unpaired) electrons. The average molecular weight is 859 g/mol. The van der Waals surface area contributed by atoms with Crippen LogP contribution in [0, 0.1) is 12.7 Å². The zero-order valence-electron chi connectivity index (χ0n) is 33.8. The number of carbonyl (C=O) groups excluding carboxylic acids is 1. The maximum Gasteiger partial charge on any atom is 0.226 e. The Kier molecular flexibility index (Phi) is 13.2. The molecule has 7 aromatic rings. The summed E-state index contributed by atoms with van der Waals surface area (Å²) in [6.45, 7) is 7.35. The van der Waals surface area contributed by atoms with Gasteiger partial charge in [0.1, 0.15) is 41.7 Å². The standard InChI is InChI=1S/C47H44ClFN6O5S/c1-30-38(14-15-40(43(30)48)58-23-22-55-20-18-54(2)19-21-55)41-42-46(51-29-52-47(42)61-44(41)32-10-12-35(49)13-11-32)60-37(27-57)25-33-7-3-4-9-39(33)59-28-36-16-17-50-45(53-36)34-8-5-6-31(24-34)26-56/h3-17,24,27,29,37,56H,18-23,25-26,28H2,1-2H3. The molecule has 1 aliphatic heterocycles. The predicted octanol–water partition coefficient (Wildman–Crippen LogP) is 8.47. The number of para-hydroxylation sites is 1. The van der Waals surface area contributed by atoms with Crippen LogP contribution in [0.15, 0.2) is 104 Å². The summed E-state index contributed by atoms with van der Waals surface area (Å²) in [5.74, 6) is 1.55. The van der Waals surface area contributed by atoms with E-state index in [4.69, 9.17) is 25.8 Å². The first-order chi connectivity index (χ1) is 29.8. The zero-order chi connectivity index (χ0) is 42.3. The Labute approximate surface area is 362 Å². The number of likely N-dealkylation sites (N-methyl/N-ethyl adjacent to an activating group) is 1. The van der Waals surface area contributed by atoms with Crippen molar-refractivity contribution in [3.05, 3.63) is 137 Å². The number of thiophene rings is 1. The van der Waals surface area contributed by atoms with E-state index in [-0.39, 0.29) is 31.3 Å². The Morgan fingerprint density at radius 3 is 2.54 bits per heavy atom. The smallest absolute Gasteiger partial charge is 0.226 e. The van der Waals surface area contributed by atoms with Gasteiger partial charge in [0.05, 0.1) is 22.7 Å². The molecule has 312 valence electrons. The highest BCUT2D eigenvalue weighted by Gasteiger charge is 2.26. The number of aromatic nitrogens is 4. The molecule has 1 fully saturated rings. The number of rotatable bonds is 16. The van der Waals surface area contributed by atoms with Gasteiger partial charge in [-0.2, -0.15) is 0 Å². The van der Waals surface area contributed by atoms with Crippen molar-refractivity contribution < 1.29 is 28.5 Å². The van der Waals surface area contributed by atoms with Crippen LogP contribution in [0.5, 0.6) is 17.4 Å². The molecular weight excluding hydrogens is 815 g/mol. The Bertz CT molecular complexity index is 2640. The van der Waals surface area contributed by atoms with Gasteiger partial charge >= 0.3 is 0 Å². The van der Waals surface area contributed by atoms with E-state index in [1.54, 1.807) is 24.4 Å². The minimum atomic E-state index is -0.949. The second-order valence-corrected chi connectivity index (χ2v) is 16.2. The van der Waals surface area contributed by atoms with E-state index in [1.165, 1.54) is 29.8 Å². The molecule has 1 N–H and O–H groups in total. The number of ether oxygens (including phenoxy) is 3.